The largest absolute Gasteiger partial charge is 0.384 e. The lowest BCUT2D eigenvalue weighted by atomic mass is 10.1. The highest BCUT2D eigenvalue weighted by atomic mass is 16.5. The van der Waals surface area contributed by atoms with Gasteiger partial charge < -0.3 is 9.84 Å². The second-order valence-electron chi connectivity index (χ2n) is 4.61. The van der Waals surface area contributed by atoms with Crippen molar-refractivity contribution in [3.63, 3.8) is 0 Å². The van der Waals surface area contributed by atoms with Gasteiger partial charge in [-0.1, -0.05) is 5.21 Å². The summed E-state index contributed by atoms with van der Waals surface area (Å²) in [6.45, 7) is 5.89. The zero-order valence-electron chi connectivity index (χ0n) is 9.18. The number of hydrogen-bond acceptors (Lipinski definition) is 4. The Balaban J connectivity index is 2.00. The van der Waals surface area contributed by atoms with Crippen molar-refractivity contribution in [2.45, 2.75) is 32.4 Å². The quantitative estimate of drug-likeness (QED) is 0.792. The molecule has 2 heterocycles. The van der Waals surface area contributed by atoms with Crippen molar-refractivity contribution < 1.29 is 9.84 Å². The first-order chi connectivity index (χ1) is 7.05. The Hall–Kier alpha value is -0.940. The van der Waals surface area contributed by atoms with Crippen molar-refractivity contribution in [1.29, 1.82) is 0 Å². The SMILES string of the molecule is CC(C)(O)c1cn(CC2CCOC2)nn1. The molecule has 1 aromatic heterocycles. The molecule has 0 aliphatic carbocycles. The molecule has 2 rings (SSSR count). The van der Waals surface area contributed by atoms with Gasteiger partial charge in [-0.2, -0.15) is 0 Å². The fourth-order valence-electron chi connectivity index (χ4n) is 1.66. The smallest absolute Gasteiger partial charge is 0.114 e. The Morgan fingerprint density at radius 1 is 1.67 bits per heavy atom. The van der Waals surface area contributed by atoms with Crippen LogP contribution in [0, 0.1) is 5.92 Å². The first kappa shape index (κ1) is 10.6. The second-order valence-corrected chi connectivity index (χ2v) is 4.61. The van der Waals surface area contributed by atoms with Crippen LogP contribution >= 0.6 is 0 Å². The predicted molar refractivity (Wildman–Crippen MR) is 54.2 cm³/mol. The van der Waals surface area contributed by atoms with Gasteiger partial charge in [0.05, 0.1) is 12.8 Å². The molecule has 1 aromatic rings. The molecule has 1 fully saturated rings. The molecule has 0 aromatic carbocycles. The molecule has 1 N–H and O–H groups in total. The fraction of sp³-hybridized carbons (Fsp3) is 0.800. The highest BCUT2D eigenvalue weighted by Gasteiger charge is 2.22. The number of rotatable bonds is 3. The van der Waals surface area contributed by atoms with Crippen LogP contribution in [0.5, 0.6) is 0 Å². The average Bonchev–Trinajstić information content (AvgIpc) is 2.73. The van der Waals surface area contributed by atoms with E-state index in [4.69, 9.17) is 4.74 Å². The van der Waals surface area contributed by atoms with Crippen LogP contribution in [0.1, 0.15) is 26.0 Å². The summed E-state index contributed by atoms with van der Waals surface area (Å²) in [7, 11) is 0. The first-order valence-corrected chi connectivity index (χ1v) is 5.26. The molecule has 84 valence electrons. The molecule has 15 heavy (non-hydrogen) atoms. The van der Waals surface area contributed by atoms with Crippen LogP contribution in [0.3, 0.4) is 0 Å². The van der Waals surface area contributed by atoms with E-state index in [0.717, 1.165) is 26.2 Å². The molecular weight excluding hydrogens is 194 g/mol. The van der Waals surface area contributed by atoms with Crippen LogP contribution in [-0.2, 0) is 16.9 Å². The van der Waals surface area contributed by atoms with Crippen molar-refractivity contribution in [3.8, 4) is 0 Å². The van der Waals surface area contributed by atoms with Crippen LogP contribution in [0.15, 0.2) is 6.20 Å². The van der Waals surface area contributed by atoms with Crippen molar-refractivity contribution in [2.75, 3.05) is 13.2 Å². The third-order valence-corrected chi connectivity index (χ3v) is 2.63. The van der Waals surface area contributed by atoms with Gasteiger partial charge in [0, 0.05) is 19.1 Å². The summed E-state index contributed by atoms with van der Waals surface area (Å²) in [6.07, 6.45) is 2.88. The minimum atomic E-state index is -0.912. The van der Waals surface area contributed by atoms with E-state index in [1.165, 1.54) is 0 Å². The maximum absolute atomic E-state index is 9.72. The van der Waals surface area contributed by atoms with E-state index in [9.17, 15) is 5.11 Å². The molecule has 0 spiro atoms. The minimum absolute atomic E-state index is 0.529. The van der Waals surface area contributed by atoms with E-state index in [2.05, 4.69) is 10.3 Å². The molecule has 0 saturated carbocycles. The summed E-state index contributed by atoms with van der Waals surface area (Å²) >= 11 is 0. The monoisotopic (exact) mass is 211 g/mol. The van der Waals surface area contributed by atoms with E-state index >= 15 is 0 Å². The molecule has 0 radical (unpaired) electrons. The number of ether oxygens (including phenoxy) is 1. The molecule has 1 atom stereocenters. The lowest BCUT2D eigenvalue weighted by Gasteiger charge is -2.12. The highest BCUT2D eigenvalue weighted by Crippen LogP contribution is 2.18. The highest BCUT2D eigenvalue weighted by molar-refractivity contribution is 5.02. The van der Waals surface area contributed by atoms with Crippen LogP contribution < -0.4 is 0 Å². The molecular formula is C10H17N3O2. The van der Waals surface area contributed by atoms with Crippen molar-refractivity contribution >= 4 is 0 Å². The molecule has 5 heteroatoms. The fourth-order valence-corrected chi connectivity index (χ4v) is 1.66. The van der Waals surface area contributed by atoms with E-state index < -0.39 is 5.60 Å². The predicted octanol–water partition coefficient (Wildman–Crippen LogP) is 0.542. The number of hydrogen-bond donors (Lipinski definition) is 1. The number of aromatic nitrogens is 3. The van der Waals surface area contributed by atoms with Gasteiger partial charge in [-0.15, -0.1) is 5.10 Å². The Bertz CT molecular complexity index is 324. The zero-order chi connectivity index (χ0) is 10.9. The van der Waals surface area contributed by atoms with Gasteiger partial charge in [-0.05, 0) is 20.3 Å². The van der Waals surface area contributed by atoms with Gasteiger partial charge in [0.25, 0.3) is 0 Å². The molecule has 5 nitrogen and oxygen atoms in total. The van der Waals surface area contributed by atoms with Crippen molar-refractivity contribution in [2.24, 2.45) is 5.92 Å². The average molecular weight is 211 g/mol. The van der Waals surface area contributed by atoms with E-state index in [1.807, 2.05) is 0 Å². The summed E-state index contributed by atoms with van der Waals surface area (Å²) in [5.41, 5.74) is -0.300. The van der Waals surface area contributed by atoms with Gasteiger partial charge in [-0.25, -0.2) is 0 Å². The maximum atomic E-state index is 9.72. The molecule has 1 aliphatic rings. The van der Waals surface area contributed by atoms with Crippen LogP contribution in [0.25, 0.3) is 0 Å². The van der Waals surface area contributed by atoms with Crippen LogP contribution in [0.4, 0.5) is 0 Å². The first-order valence-electron chi connectivity index (χ1n) is 5.26. The normalized spacial score (nSPS) is 22.2. The lowest BCUT2D eigenvalue weighted by molar-refractivity contribution is 0.0737. The van der Waals surface area contributed by atoms with E-state index in [-0.39, 0.29) is 0 Å². The van der Waals surface area contributed by atoms with Crippen molar-refractivity contribution in [3.05, 3.63) is 11.9 Å². The van der Waals surface area contributed by atoms with Gasteiger partial charge >= 0.3 is 0 Å². The lowest BCUT2D eigenvalue weighted by Crippen LogP contribution is -2.16. The topological polar surface area (TPSA) is 60.2 Å². The summed E-state index contributed by atoms with van der Waals surface area (Å²) in [4.78, 5) is 0. The van der Waals surface area contributed by atoms with Gasteiger partial charge in [0.1, 0.15) is 11.3 Å². The molecule has 0 bridgehead atoms. The van der Waals surface area contributed by atoms with E-state index in [1.54, 1.807) is 24.7 Å². The zero-order valence-corrected chi connectivity index (χ0v) is 9.18. The molecule has 1 unspecified atom stereocenters. The van der Waals surface area contributed by atoms with Gasteiger partial charge in [0.15, 0.2) is 0 Å². The van der Waals surface area contributed by atoms with E-state index in [0.29, 0.717) is 11.6 Å². The number of aliphatic hydroxyl groups is 1. The maximum Gasteiger partial charge on any atom is 0.114 e. The van der Waals surface area contributed by atoms with Crippen LogP contribution in [0.2, 0.25) is 0 Å². The number of nitrogens with zero attached hydrogens (tertiary/aromatic N) is 3. The molecule has 1 aliphatic heterocycles. The summed E-state index contributed by atoms with van der Waals surface area (Å²) in [5, 5.41) is 17.7. The third kappa shape index (κ3) is 2.54. The van der Waals surface area contributed by atoms with Gasteiger partial charge in [-0.3, -0.25) is 4.68 Å². The van der Waals surface area contributed by atoms with Gasteiger partial charge in [0.2, 0.25) is 0 Å². The Kier molecular flexibility index (Phi) is 2.75. The minimum Gasteiger partial charge on any atom is -0.384 e. The molecule has 1 saturated heterocycles. The summed E-state index contributed by atoms with van der Waals surface area (Å²) < 4.78 is 7.08. The Morgan fingerprint density at radius 3 is 3.00 bits per heavy atom. The summed E-state index contributed by atoms with van der Waals surface area (Å²) in [6, 6.07) is 0. The summed E-state index contributed by atoms with van der Waals surface area (Å²) in [5.74, 6) is 0.529. The van der Waals surface area contributed by atoms with Crippen molar-refractivity contribution in [1.82, 2.24) is 15.0 Å². The Labute approximate surface area is 89.0 Å². The Morgan fingerprint density at radius 2 is 2.47 bits per heavy atom. The third-order valence-electron chi connectivity index (χ3n) is 2.63. The second kappa shape index (κ2) is 3.90. The standard InChI is InChI=1S/C10H17N3O2/c1-10(2,14)9-6-13(12-11-9)5-8-3-4-15-7-8/h6,8,14H,3-5,7H2,1-2H3. The van der Waals surface area contributed by atoms with Crippen LogP contribution in [-0.4, -0.2) is 33.3 Å². The molecule has 0 amide bonds.